The predicted molar refractivity (Wildman–Crippen MR) is 136 cm³/mol. The summed E-state index contributed by atoms with van der Waals surface area (Å²) in [7, 11) is 4.75. The fourth-order valence-electron chi connectivity index (χ4n) is 3.67. The van der Waals surface area contributed by atoms with Crippen LogP contribution in [-0.4, -0.2) is 38.2 Å². The summed E-state index contributed by atoms with van der Waals surface area (Å²) in [5.41, 5.74) is 5.27. The lowest BCUT2D eigenvalue weighted by Crippen LogP contribution is -2.44. The lowest BCUT2D eigenvalue weighted by molar-refractivity contribution is -0.137. The van der Waals surface area contributed by atoms with Crippen LogP contribution in [0.4, 0.5) is 0 Å². The normalized spacial score (nSPS) is 16.3. The molecule has 0 saturated carbocycles. The Morgan fingerprint density at radius 3 is 2.29 bits per heavy atom. The second-order valence-electron chi connectivity index (χ2n) is 7.73. The van der Waals surface area contributed by atoms with E-state index in [9.17, 15) is 9.59 Å². The zero-order chi connectivity index (χ0) is 24.8. The van der Waals surface area contributed by atoms with Gasteiger partial charge in [-0.3, -0.25) is 15.0 Å². The van der Waals surface area contributed by atoms with Crippen LogP contribution in [0.5, 0.6) is 17.2 Å². The Hall–Kier alpha value is -3.91. The number of hydrogen-bond acceptors (Lipinski definition) is 6. The first-order valence-corrected chi connectivity index (χ1v) is 11.8. The molecule has 0 bridgehead atoms. The fraction of sp³-hybridized carbons (Fsp3) is 0.185. The molecule has 8 heteroatoms. The maximum atomic E-state index is 13.5. The summed E-state index contributed by atoms with van der Waals surface area (Å²) in [6.45, 7) is 0. The number of methoxy groups -OCH3 is 3. The molecule has 2 amide bonds. The Morgan fingerprint density at radius 1 is 0.943 bits per heavy atom. The molecule has 1 N–H and O–H groups in total. The average molecular weight is 491 g/mol. The highest BCUT2D eigenvalue weighted by atomic mass is 32.2. The number of hydrazine groups is 1. The number of carbonyl (C=O) groups is 2. The molecule has 0 radical (unpaired) electrons. The first-order chi connectivity index (χ1) is 17.0. The van der Waals surface area contributed by atoms with Crippen molar-refractivity contribution in [3.8, 4) is 17.2 Å². The van der Waals surface area contributed by atoms with Crippen LogP contribution in [0.3, 0.4) is 0 Å². The highest BCUT2D eigenvalue weighted by Crippen LogP contribution is 2.46. The van der Waals surface area contributed by atoms with Gasteiger partial charge in [-0.2, -0.15) is 0 Å². The molecule has 4 rings (SSSR count). The molecular formula is C27H26N2O5S. The summed E-state index contributed by atoms with van der Waals surface area (Å²) in [4.78, 5) is 26.8. The summed E-state index contributed by atoms with van der Waals surface area (Å²) in [6.07, 6.45) is 1.93. The third kappa shape index (κ3) is 5.60. The van der Waals surface area contributed by atoms with Gasteiger partial charge in [0.25, 0.3) is 5.91 Å². The second-order valence-corrected chi connectivity index (χ2v) is 8.85. The fourth-order valence-corrected chi connectivity index (χ4v) is 4.86. The predicted octanol–water partition coefficient (Wildman–Crippen LogP) is 4.60. The van der Waals surface area contributed by atoms with Crippen molar-refractivity contribution < 1.29 is 23.8 Å². The van der Waals surface area contributed by atoms with Gasteiger partial charge in [-0.15, -0.1) is 0 Å². The van der Waals surface area contributed by atoms with Gasteiger partial charge in [0.15, 0.2) is 0 Å². The monoisotopic (exact) mass is 490 g/mol. The van der Waals surface area contributed by atoms with Crippen molar-refractivity contribution >= 4 is 29.7 Å². The maximum Gasteiger partial charge on any atom is 0.280 e. The molecule has 1 aliphatic rings. The quantitative estimate of drug-likeness (QED) is 0.465. The Kier molecular flexibility index (Phi) is 7.62. The van der Waals surface area contributed by atoms with Gasteiger partial charge in [0.2, 0.25) is 5.91 Å². The minimum absolute atomic E-state index is 0.163. The summed E-state index contributed by atoms with van der Waals surface area (Å²) in [5, 5.41) is 0.947. The van der Waals surface area contributed by atoms with E-state index >= 15 is 0 Å². The topological polar surface area (TPSA) is 77.1 Å². The molecule has 3 aromatic rings. The number of thioether (sulfide) groups is 1. The van der Waals surface area contributed by atoms with Crippen molar-refractivity contribution in [2.75, 3.05) is 21.3 Å². The third-order valence-electron chi connectivity index (χ3n) is 5.48. The SMILES string of the molecule is COc1ccc(C2S/C(=C\c3ccc(OC)cc3OC)C(=O)N2NC(=O)Cc2ccccc2)cc1. The van der Waals surface area contributed by atoms with E-state index in [1.165, 1.54) is 16.8 Å². The molecule has 35 heavy (non-hydrogen) atoms. The van der Waals surface area contributed by atoms with Gasteiger partial charge in [-0.25, -0.2) is 5.01 Å². The van der Waals surface area contributed by atoms with Gasteiger partial charge in [0.1, 0.15) is 22.6 Å². The van der Waals surface area contributed by atoms with E-state index in [4.69, 9.17) is 14.2 Å². The van der Waals surface area contributed by atoms with Gasteiger partial charge in [0.05, 0.1) is 32.7 Å². The molecule has 0 aromatic heterocycles. The molecule has 7 nitrogen and oxygen atoms in total. The van der Waals surface area contributed by atoms with Gasteiger partial charge in [-0.05, 0) is 41.5 Å². The Labute approximate surface area is 208 Å². The number of nitrogens with one attached hydrogen (secondary N) is 1. The number of rotatable bonds is 8. The van der Waals surface area contributed by atoms with Gasteiger partial charge >= 0.3 is 0 Å². The molecule has 1 atom stereocenters. The molecule has 0 aliphatic carbocycles. The van der Waals surface area contributed by atoms with E-state index in [0.29, 0.717) is 22.2 Å². The third-order valence-corrected chi connectivity index (χ3v) is 6.74. The van der Waals surface area contributed by atoms with E-state index in [1.807, 2.05) is 60.7 Å². The largest absolute Gasteiger partial charge is 0.497 e. The Morgan fingerprint density at radius 2 is 1.63 bits per heavy atom. The highest BCUT2D eigenvalue weighted by Gasteiger charge is 2.38. The summed E-state index contributed by atoms with van der Waals surface area (Å²) in [5.74, 6) is 1.38. The van der Waals surface area contributed by atoms with Crippen molar-refractivity contribution in [2.45, 2.75) is 11.8 Å². The van der Waals surface area contributed by atoms with Crippen LogP contribution in [-0.2, 0) is 16.0 Å². The molecule has 180 valence electrons. The van der Waals surface area contributed by atoms with Crippen LogP contribution in [0.25, 0.3) is 6.08 Å². The number of nitrogens with zero attached hydrogens (tertiary/aromatic N) is 1. The molecule has 0 spiro atoms. The van der Waals surface area contributed by atoms with Crippen LogP contribution >= 0.6 is 11.8 Å². The first-order valence-electron chi connectivity index (χ1n) is 10.9. The van der Waals surface area contributed by atoms with Crippen LogP contribution in [0.2, 0.25) is 0 Å². The van der Waals surface area contributed by atoms with Crippen LogP contribution < -0.4 is 19.6 Å². The average Bonchev–Trinajstić information content (AvgIpc) is 3.19. The molecule has 1 fully saturated rings. The summed E-state index contributed by atoms with van der Waals surface area (Å²) >= 11 is 1.36. The molecule has 1 unspecified atom stereocenters. The van der Waals surface area contributed by atoms with Crippen molar-refractivity contribution in [3.63, 3.8) is 0 Å². The second kappa shape index (κ2) is 11.0. The molecule has 3 aromatic carbocycles. The van der Waals surface area contributed by atoms with Gasteiger partial charge < -0.3 is 14.2 Å². The molecular weight excluding hydrogens is 464 g/mol. The lowest BCUT2D eigenvalue weighted by Gasteiger charge is -2.24. The minimum Gasteiger partial charge on any atom is -0.497 e. The van der Waals surface area contributed by atoms with Crippen molar-refractivity contribution in [1.82, 2.24) is 10.4 Å². The maximum absolute atomic E-state index is 13.5. The molecule has 1 heterocycles. The number of ether oxygens (including phenoxy) is 3. The zero-order valence-electron chi connectivity index (χ0n) is 19.7. The highest BCUT2D eigenvalue weighted by molar-refractivity contribution is 8.04. The van der Waals surface area contributed by atoms with Gasteiger partial charge in [-0.1, -0.05) is 54.2 Å². The number of carbonyl (C=O) groups excluding carboxylic acids is 2. The number of amides is 2. The Balaban J connectivity index is 1.64. The van der Waals surface area contributed by atoms with E-state index in [-0.39, 0.29) is 18.2 Å². The van der Waals surface area contributed by atoms with Gasteiger partial charge in [0, 0.05) is 11.6 Å². The standard InChI is InChI=1S/C27H26N2O5S/c1-32-21-12-9-19(10-13-21)27-29(28-25(30)15-18-7-5-4-6-8-18)26(31)24(35-27)16-20-11-14-22(33-2)17-23(20)34-3/h4-14,16-17,27H,15H2,1-3H3,(H,28,30)/b24-16-. The smallest absolute Gasteiger partial charge is 0.280 e. The zero-order valence-corrected chi connectivity index (χ0v) is 20.5. The summed E-state index contributed by atoms with van der Waals surface area (Å²) < 4.78 is 16.0. The molecule has 1 saturated heterocycles. The Bertz CT molecular complexity index is 1230. The number of benzene rings is 3. The van der Waals surface area contributed by atoms with E-state index in [1.54, 1.807) is 39.5 Å². The molecule has 1 aliphatic heterocycles. The van der Waals surface area contributed by atoms with Crippen LogP contribution in [0, 0.1) is 0 Å². The minimum atomic E-state index is -0.441. The van der Waals surface area contributed by atoms with Crippen molar-refractivity contribution in [3.05, 3.63) is 94.4 Å². The summed E-state index contributed by atoms with van der Waals surface area (Å²) in [6, 6.07) is 22.2. The van der Waals surface area contributed by atoms with Crippen molar-refractivity contribution in [2.24, 2.45) is 0 Å². The van der Waals surface area contributed by atoms with Crippen molar-refractivity contribution in [1.29, 1.82) is 0 Å². The van der Waals surface area contributed by atoms with E-state index < -0.39 is 5.37 Å². The number of hydrogen-bond donors (Lipinski definition) is 1. The van der Waals surface area contributed by atoms with E-state index in [0.717, 1.165) is 16.7 Å². The lowest BCUT2D eigenvalue weighted by atomic mass is 10.1. The van der Waals surface area contributed by atoms with Crippen LogP contribution in [0.15, 0.2) is 77.7 Å². The van der Waals surface area contributed by atoms with E-state index in [2.05, 4.69) is 5.43 Å². The first kappa shape index (κ1) is 24.2. The van der Waals surface area contributed by atoms with Crippen LogP contribution in [0.1, 0.15) is 22.1 Å².